The van der Waals surface area contributed by atoms with Gasteiger partial charge in [-0.3, -0.25) is 23.9 Å². The lowest BCUT2D eigenvalue weighted by Crippen LogP contribution is -2.45. The molecule has 3 amide bonds. The van der Waals surface area contributed by atoms with Gasteiger partial charge in [0.05, 0.1) is 41.6 Å². The molecule has 20 nitrogen and oxygen atoms in total. The number of aromatic hydroxyl groups is 2. The number of nitrogens with zero attached hydrogens (tertiary/aromatic N) is 10. The fraction of sp³-hybridized carbons (Fsp3) is 0.371. The van der Waals surface area contributed by atoms with E-state index in [1.807, 2.05) is 68.4 Å². The molecule has 0 spiro atoms. The van der Waals surface area contributed by atoms with Crippen LogP contribution in [0, 0.1) is 11.8 Å². The van der Waals surface area contributed by atoms with Gasteiger partial charge in [-0.05, 0) is 123 Å². The van der Waals surface area contributed by atoms with Crippen LogP contribution in [0.25, 0.3) is 17.1 Å². The Morgan fingerprint density at radius 3 is 2.12 bits per heavy atom. The summed E-state index contributed by atoms with van der Waals surface area (Å²) < 4.78 is 74.4. The van der Waals surface area contributed by atoms with E-state index < -0.39 is 40.4 Å². The zero-order valence-corrected chi connectivity index (χ0v) is 49.5. The maximum Gasteiger partial charge on any atom is 0.405 e. The Balaban J connectivity index is 0.702. The maximum atomic E-state index is 13.9. The van der Waals surface area contributed by atoms with Gasteiger partial charge < -0.3 is 40.3 Å². The van der Waals surface area contributed by atoms with Crippen LogP contribution < -0.4 is 29.5 Å². The molecular formula is C62H69F3N12O8S. The lowest BCUT2D eigenvalue weighted by Gasteiger charge is -2.38. The number of phenolic OH excluding ortho intramolecular Hbond substituents is 2. The number of likely N-dealkylation sites (tertiary alicyclic amines) is 1. The summed E-state index contributed by atoms with van der Waals surface area (Å²) in [5, 5.41) is 34.5. The zero-order valence-electron chi connectivity index (χ0n) is 48.7. The quantitative estimate of drug-likeness (QED) is 0.0626. The van der Waals surface area contributed by atoms with Crippen LogP contribution >= 0.6 is 0 Å². The first-order chi connectivity index (χ1) is 41.0. The SMILES string of the molecule is CCOc1cc(N2CCC(C(=O)N3CCC(Cc4ccc(CN(C)Cc5ccc(-n6c(C(=O)NCC(F)(F)F)nnc6-c6cc(C(C)C)c(O)cc6O)cc5)cc4)CC3)CC2)ccc1Nc1ncc2c(n1)N(S(C)(=O)=O)c1ccccc1C(=O)N2C. The van der Waals surface area contributed by atoms with Crippen LogP contribution in [-0.4, -0.2) is 137 Å². The van der Waals surface area contributed by atoms with E-state index >= 15 is 0 Å². The number of halogens is 3. The molecule has 3 aliphatic rings. The van der Waals surface area contributed by atoms with Crippen LogP contribution in [0.5, 0.6) is 17.2 Å². The monoisotopic (exact) mass is 1200 g/mol. The number of carbonyl (C=O) groups is 3. The predicted octanol–water partition coefficient (Wildman–Crippen LogP) is 9.71. The number of hydrogen-bond acceptors (Lipinski definition) is 15. The van der Waals surface area contributed by atoms with Crippen LogP contribution in [0.2, 0.25) is 0 Å². The van der Waals surface area contributed by atoms with Gasteiger partial charge in [-0.15, -0.1) is 10.2 Å². The van der Waals surface area contributed by atoms with Crippen molar-refractivity contribution in [1.82, 2.24) is 39.8 Å². The van der Waals surface area contributed by atoms with Crippen molar-refractivity contribution in [3.05, 3.63) is 143 Å². The number of hydrogen-bond donors (Lipinski definition) is 4. The summed E-state index contributed by atoms with van der Waals surface area (Å²) in [7, 11) is -0.395. The molecule has 0 unspecified atom stereocenters. The molecule has 2 saturated heterocycles. The number of piperidine rings is 2. The van der Waals surface area contributed by atoms with Crippen LogP contribution in [0.15, 0.2) is 109 Å². The number of benzene rings is 5. The molecule has 10 rings (SSSR count). The summed E-state index contributed by atoms with van der Waals surface area (Å²) in [6, 6.07) is 30.7. The third-order valence-electron chi connectivity index (χ3n) is 15.9. The first-order valence-corrected chi connectivity index (χ1v) is 30.4. The van der Waals surface area contributed by atoms with Crippen LogP contribution in [0.3, 0.4) is 0 Å². The summed E-state index contributed by atoms with van der Waals surface area (Å²) in [4.78, 5) is 57.4. The molecule has 0 aliphatic carbocycles. The van der Waals surface area contributed by atoms with Crippen molar-refractivity contribution < 1.29 is 50.9 Å². The number of sulfonamides is 1. The number of amides is 3. The highest BCUT2D eigenvalue weighted by molar-refractivity contribution is 7.92. The molecule has 24 heteroatoms. The molecule has 4 N–H and O–H groups in total. The largest absolute Gasteiger partial charge is 0.508 e. The molecule has 452 valence electrons. The van der Waals surface area contributed by atoms with Gasteiger partial charge in [0.1, 0.15) is 29.5 Å². The standard InChI is InChI=1S/C62H69F3N12O8S/c1-7-85-54-31-45(20-21-49(54)68-61-66-34-51-56(69-61)77(86(6,83)84)50-11-9-8-10-46(50)60(82)73(51)5)74-28-24-43(25-29-74)59(81)75-26-22-40(23-27-75)30-39-12-14-41(15-13-39)35-72(4)36-42-16-18-44(19-17-42)76-55(48-32-47(38(2)3)52(78)33-53(48)79)70-71-57(76)58(80)67-37-62(63,64)65/h8-21,31-34,38,40,43,78-79H,7,22-30,35-37H2,1-6H3,(H,67,80)(H,66,68,69). The number of anilines is 6. The second kappa shape index (κ2) is 25.1. The van der Waals surface area contributed by atoms with Crippen molar-refractivity contribution >= 4 is 62.3 Å². The number of phenols is 2. The third kappa shape index (κ3) is 13.3. The molecule has 5 aromatic carbocycles. The number of carbonyl (C=O) groups excluding carboxylic acids is 3. The Kier molecular flexibility index (Phi) is 17.6. The molecule has 3 aliphatic heterocycles. The average Bonchev–Trinajstić information content (AvgIpc) is 1.94. The number of para-hydroxylation sites is 1. The molecule has 0 bridgehead atoms. The Labute approximate surface area is 497 Å². The summed E-state index contributed by atoms with van der Waals surface area (Å²) in [6.07, 6.45) is 2.04. The van der Waals surface area contributed by atoms with Crippen molar-refractivity contribution in [2.24, 2.45) is 11.8 Å². The Morgan fingerprint density at radius 2 is 1.47 bits per heavy atom. The summed E-state index contributed by atoms with van der Waals surface area (Å²) in [6.45, 7) is 8.43. The number of nitrogens with one attached hydrogen (secondary N) is 2. The van der Waals surface area contributed by atoms with E-state index in [-0.39, 0.29) is 69.3 Å². The van der Waals surface area contributed by atoms with Gasteiger partial charge in [0.25, 0.3) is 11.8 Å². The lowest BCUT2D eigenvalue weighted by molar-refractivity contribution is -0.137. The molecule has 86 heavy (non-hydrogen) atoms. The molecule has 2 aromatic heterocycles. The van der Waals surface area contributed by atoms with Crippen LogP contribution in [0.1, 0.15) is 95.6 Å². The van der Waals surface area contributed by atoms with E-state index in [2.05, 4.69) is 59.5 Å². The number of fused-ring (bicyclic) bond motifs is 2. The lowest BCUT2D eigenvalue weighted by atomic mass is 9.88. The average molecular weight is 1200 g/mol. The zero-order chi connectivity index (χ0) is 61.2. The van der Waals surface area contributed by atoms with Gasteiger partial charge in [0, 0.05) is 75.7 Å². The van der Waals surface area contributed by atoms with Gasteiger partial charge in [0.15, 0.2) is 11.6 Å². The first-order valence-electron chi connectivity index (χ1n) is 28.6. The Bertz CT molecular complexity index is 3760. The summed E-state index contributed by atoms with van der Waals surface area (Å²) in [5.41, 5.74) is 6.43. The van der Waals surface area contributed by atoms with E-state index in [1.54, 1.807) is 43.4 Å². The fourth-order valence-electron chi connectivity index (χ4n) is 11.5. The third-order valence-corrected chi connectivity index (χ3v) is 16.9. The Hall–Kier alpha value is -8.77. The van der Waals surface area contributed by atoms with E-state index in [1.165, 1.54) is 27.3 Å². The molecule has 5 heterocycles. The van der Waals surface area contributed by atoms with Crippen molar-refractivity contribution in [3.63, 3.8) is 0 Å². The topological polar surface area (TPSA) is 232 Å². The highest BCUT2D eigenvalue weighted by Gasteiger charge is 2.37. The van der Waals surface area contributed by atoms with Crippen LogP contribution in [-0.2, 0) is 34.3 Å². The highest BCUT2D eigenvalue weighted by atomic mass is 32.2. The first kappa shape index (κ1) is 60.4. The van der Waals surface area contributed by atoms with Gasteiger partial charge in [0.2, 0.25) is 27.7 Å². The molecular weight excluding hydrogens is 1130 g/mol. The molecule has 7 aromatic rings. The Morgan fingerprint density at radius 1 is 0.814 bits per heavy atom. The van der Waals surface area contributed by atoms with Gasteiger partial charge in [-0.25, -0.2) is 17.7 Å². The fourth-order valence-corrected chi connectivity index (χ4v) is 12.4. The number of alkyl halides is 3. The minimum absolute atomic E-state index is 0.00310. The van der Waals surface area contributed by atoms with Gasteiger partial charge in [-0.1, -0.05) is 62.4 Å². The van der Waals surface area contributed by atoms with Crippen molar-refractivity contribution in [2.75, 3.05) is 79.1 Å². The van der Waals surface area contributed by atoms with Gasteiger partial charge >= 0.3 is 6.18 Å². The minimum atomic E-state index is -4.66. The minimum Gasteiger partial charge on any atom is -0.508 e. The molecule has 0 saturated carbocycles. The summed E-state index contributed by atoms with van der Waals surface area (Å²) >= 11 is 0. The van der Waals surface area contributed by atoms with Crippen molar-refractivity contribution in [1.29, 1.82) is 0 Å². The van der Waals surface area contributed by atoms with Crippen molar-refractivity contribution in [3.8, 4) is 34.3 Å². The number of rotatable bonds is 18. The second-order valence-electron chi connectivity index (χ2n) is 22.5. The van der Waals surface area contributed by atoms with Crippen molar-refractivity contribution in [2.45, 2.75) is 78.1 Å². The van der Waals surface area contributed by atoms with E-state index in [9.17, 15) is 46.2 Å². The van der Waals surface area contributed by atoms with E-state index in [0.717, 1.165) is 78.6 Å². The van der Waals surface area contributed by atoms with Gasteiger partial charge in [-0.2, -0.15) is 18.2 Å². The number of aromatic nitrogens is 5. The number of ether oxygens (including phenoxy) is 1. The van der Waals surface area contributed by atoms with E-state index in [0.29, 0.717) is 61.4 Å². The predicted molar refractivity (Wildman–Crippen MR) is 321 cm³/mol. The highest BCUT2D eigenvalue weighted by Crippen LogP contribution is 2.43. The molecule has 0 atom stereocenters. The molecule has 0 radical (unpaired) electrons. The summed E-state index contributed by atoms with van der Waals surface area (Å²) in [5.74, 6) is -1.27. The van der Waals surface area contributed by atoms with Crippen LogP contribution in [0.4, 0.5) is 47.7 Å². The smallest absolute Gasteiger partial charge is 0.405 e. The molecule has 2 fully saturated rings. The second-order valence-corrected chi connectivity index (χ2v) is 24.3. The van der Waals surface area contributed by atoms with E-state index in [4.69, 9.17) is 4.74 Å². The normalized spacial score (nSPS) is 15.2. The maximum absolute atomic E-state index is 13.9.